The van der Waals surface area contributed by atoms with Gasteiger partial charge in [0.1, 0.15) is 5.60 Å². The molecule has 0 aliphatic carbocycles. The summed E-state index contributed by atoms with van der Waals surface area (Å²) in [4.78, 5) is 16.7. The quantitative estimate of drug-likeness (QED) is 0.244. The smallest absolute Gasteiger partial charge is 0.408 e. The minimum absolute atomic E-state index is 0. The Morgan fingerprint density at radius 3 is 2.29 bits per heavy atom. The third kappa shape index (κ3) is 11.9. The zero-order valence-corrected chi connectivity index (χ0v) is 22.4. The van der Waals surface area contributed by atoms with Crippen LogP contribution in [0.3, 0.4) is 0 Å². The fourth-order valence-electron chi connectivity index (χ4n) is 2.53. The van der Waals surface area contributed by atoms with Crippen molar-refractivity contribution in [1.29, 1.82) is 0 Å². The number of alkyl carbamates (subject to hydrolysis) is 1. The van der Waals surface area contributed by atoms with E-state index in [2.05, 4.69) is 20.9 Å². The van der Waals surface area contributed by atoms with Crippen LogP contribution in [0.5, 0.6) is 11.5 Å². The second-order valence-electron chi connectivity index (χ2n) is 8.48. The van der Waals surface area contributed by atoms with Gasteiger partial charge in [-0.15, -0.1) is 24.0 Å². The van der Waals surface area contributed by atoms with Crippen molar-refractivity contribution in [3.8, 4) is 11.5 Å². The molecule has 0 saturated heterocycles. The summed E-state index contributed by atoms with van der Waals surface area (Å²) in [6.45, 7) is 15.5. The summed E-state index contributed by atoms with van der Waals surface area (Å²) in [7, 11) is 1.62. The number of guanidine groups is 1. The number of carbonyl (C=O) groups is 1. The topological polar surface area (TPSA) is 93.2 Å². The molecule has 0 unspecified atom stereocenters. The number of amides is 1. The zero-order valence-electron chi connectivity index (χ0n) is 20.0. The fraction of sp³-hybridized carbons (Fsp3) is 0.636. The molecule has 31 heavy (non-hydrogen) atoms. The van der Waals surface area contributed by atoms with E-state index in [-0.39, 0.29) is 24.0 Å². The lowest BCUT2D eigenvalue weighted by Crippen LogP contribution is -2.54. The molecule has 1 aromatic rings. The lowest BCUT2D eigenvalue weighted by molar-refractivity contribution is 0.0474. The number of hydrogen-bond acceptors (Lipinski definition) is 5. The van der Waals surface area contributed by atoms with E-state index in [9.17, 15) is 4.79 Å². The predicted octanol–water partition coefficient (Wildman–Crippen LogP) is 4.07. The Kier molecular flexibility index (Phi) is 12.7. The van der Waals surface area contributed by atoms with Gasteiger partial charge in [-0.2, -0.15) is 0 Å². The van der Waals surface area contributed by atoms with Crippen LogP contribution in [0.15, 0.2) is 23.2 Å². The maximum atomic E-state index is 12.1. The number of halogens is 1. The van der Waals surface area contributed by atoms with Crippen molar-refractivity contribution in [3.63, 3.8) is 0 Å². The van der Waals surface area contributed by atoms with Crippen LogP contribution in [0.4, 0.5) is 4.79 Å². The van der Waals surface area contributed by atoms with Gasteiger partial charge in [0, 0.05) is 13.1 Å². The first-order valence-corrected chi connectivity index (χ1v) is 10.3. The van der Waals surface area contributed by atoms with E-state index in [1.807, 2.05) is 66.7 Å². The number of hydrogen-bond donors (Lipinski definition) is 3. The molecule has 0 heterocycles. The van der Waals surface area contributed by atoms with Crippen molar-refractivity contribution in [2.75, 3.05) is 26.8 Å². The summed E-state index contributed by atoms with van der Waals surface area (Å²) in [6.07, 6.45) is -0.446. The largest absolute Gasteiger partial charge is 0.493 e. The summed E-state index contributed by atoms with van der Waals surface area (Å²) < 4.78 is 16.3. The van der Waals surface area contributed by atoms with Crippen LogP contribution in [0, 0.1) is 0 Å². The van der Waals surface area contributed by atoms with Crippen LogP contribution in [0.25, 0.3) is 0 Å². The van der Waals surface area contributed by atoms with Crippen molar-refractivity contribution in [2.24, 2.45) is 4.99 Å². The number of aliphatic imine (C=N–C) groups is 1. The van der Waals surface area contributed by atoms with Gasteiger partial charge in [0.15, 0.2) is 17.5 Å². The van der Waals surface area contributed by atoms with Gasteiger partial charge in [0.2, 0.25) is 0 Å². The highest BCUT2D eigenvalue weighted by Crippen LogP contribution is 2.28. The number of rotatable bonds is 9. The van der Waals surface area contributed by atoms with Crippen LogP contribution in [0.2, 0.25) is 0 Å². The Morgan fingerprint density at radius 1 is 1.06 bits per heavy atom. The second kappa shape index (κ2) is 13.5. The third-order valence-electron chi connectivity index (χ3n) is 3.83. The SMILES string of the molecule is CCNC(=NCc1ccc(OC)c(OCC)c1)NCC(C)(C)NC(=O)OC(C)(C)C.I. The van der Waals surface area contributed by atoms with Gasteiger partial charge in [0.05, 0.1) is 25.8 Å². The highest BCUT2D eigenvalue weighted by Gasteiger charge is 2.24. The van der Waals surface area contributed by atoms with Gasteiger partial charge < -0.3 is 30.2 Å². The molecule has 0 aliphatic heterocycles. The van der Waals surface area contributed by atoms with Gasteiger partial charge in [-0.05, 0) is 66.2 Å². The Labute approximate surface area is 203 Å². The van der Waals surface area contributed by atoms with Gasteiger partial charge >= 0.3 is 6.09 Å². The van der Waals surface area contributed by atoms with E-state index in [4.69, 9.17) is 14.2 Å². The van der Waals surface area contributed by atoms with E-state index in [0.29, 0.717) is 37.2 Å². The lowest BCUT2D eigenvalue weighted by Gasteiger charge is -2.29. The molecule has 0 saturated carbocycles. The lowest BCUT2D eigenvalue weighted by atomic mass is 10.1. The molecular weight excluding hydrogens is 511 g/mol. The average molecular weight is 550 g/mol. The van der Waals surface area contributed by atoms with Crippen molar-refractivity contribution in [2.45, 2.75) is 66.2 Å². The molecule has 1 amide bonds. The van der Waals surface area contributed by atoms with Crippen molar-refractivity contribution in [1.82, 2.24) is 16.0 Å². The summed E-state index contributed by atoms with van der Waals surface area (Å²) in [6, 6.07) is 5.77. The fourth-order valence-corrected chi connectivity index (χ4v) is 2.53. The predicted molar refractivity (Wildman–Crippen MR) is 136 cm³/mol. The Morgan fingerprint density at radius 2 is 1.74 bits per heavy atom. The maximum Gasteiger partial charge on any atom is 0.408 e. The highest BCUT2D eigenvalue weighted by atomic mass is 127. The average Bonchev–Trinajstić information content (AvgIpc) is 2.62. The molecule has 0 aromatic heterocycles. The van der Waals surface area contributed by atoms with Crippen LogP contribution >= 0.6 is 24.0 Å². The van der Waals surface area contributed by atoms with Crippen molar-refractivity contribution in [3.05, 3.63) is 23.8 Å². The van der Waals surface area contributed by atoms with E-state index in [1.165, 1.54) is 0 Å². The van der Waals surface area contributed by atoms with Gasteiger partial charge in [-0.3, -0.25) is 0 Å². The highest BCUT2D eigenvalue weighted by molar-refractivity contribution is 14.0. The molecule has 0 aliphatic rings. The number of carbonyl (C=O) groups excluding carboxylic acids is 1. The number of nitrogens with zero attached hydrogens (tertiary/aromatic N) is 1. The third-order valence-corrected chi connectivity index (χ3v) is 3.83. The van der Waals surface area contributed by atoms with Gasteiger partial charge in [-0.1, -0.05) is 6.07 Å². The Hall–Kier alpha value is -1.91. The molecule has 1 aromatic carbocycles. The molecule has 9 heteroatoms. The number of benzene rings is 1. The first-order chi connectivity index (χ1) is 14.0. The molecule has 0 radical (unpaired) electrons. The van der Waals surface area contributed by atoms with E-state index < -0.39 is 17.2 Å². The number of methoxy groups -OCH3 is 1. The summed E-state index contributed by atoms with van der Waals surface area (Å²) in [5.74, 6) is 2.06. The molecule has 0 atom stereocenters. The number of nitrogens with one attached hydrogen (secondary N) is 3. The van der Waals surface area contributed by atoms with E-state index in [1.54, 1.807) is 7.11 Å². The summed E-state index contributed by atoms with van der Waals surface area (Å²) in [5, 5.41) is 9.37. The standard InChI is InChI=1S/C22H38N4O4.HI/c1-9-23-19(25-15-22(6,7)26-20(27)30-21(3,4)5)24-14-16-11-12-17(28-8)18(13-16)29-10-2;/h11-13H,9-10,14-15H2,1-8H3,(H,26,27)(H2,23,24,25);1H. The zero-order chi connectivity index (χ0) is 22.8. The van der Waals surface area contributed by atoms with Crippen LogP contribution in [-0.4, -0.2) is 50.0 Å². The second-order valence-corrected chi connectivity index (χ2v) is 8.48. The normalized spacial score (nSPS) is 11.8. The summed E-state index contributed by atoms with van der Waals surface area (Å²) >= 11 is 0. The maximum absolute atomic E-state index is 12.1. The molecule has 3 N–H and O–H groups in total. The molecule has 0 fully saturated rings. The van der Waals surface area contributed by atoms with E-state index >= 15 is 0 Å². The molecule has 8 nitrogen and oxygen atoms in total. The van der Waals surface area contributed by atoms with Gasteiger partial charge in [0.25, 0.3) is 0 Å². The van der Waals surface area contributed by atoms with Crippen LogP contribution < -0.4 is 25.4 Å². The Bertz CT molecular complexity index is 718. The minimum atomic E-state index is -0.539. The Balaban J connectivity index is 0.00000900. The molecule has 0 bridgehead atoms. The molecule has 1 rings (SSSR count). The van der Waals surface area contributed by atoms with Crippen LogP contribution in [-0.2, 0) is 11.3 Å². The van der Waals surface area contributed by atoms with E-state index in [0.717, 1.165) is 12.1 Å². The van der Waals surface area contributed by atoms with Crippen molar-refractivity contribution < 1.29 is 19.0 Å². The number of ether oxygens (including phenoxy) is 3. The molecular formula is C22H39IN4O4. The monoisotopic (exact) mass is 550 g/mol. The van der Waals surface area contributed by atoms with Crippen molar-refractivity contribution >= 4 is 36.0 Å². The summed E-state index contributed by atoms with van der Waals surface area (Å²) in [5.41, 5.74) is -0.0636. The minimum Gasteiger partial charge on any atom is -0.493 e. The van der Waals surface area contributed by atoms with Gasteiger partial charge in [-0.25, -0.2) is 9.79 Å². The molecule has 178 valence electrons. The van der Waals surface area contributed by atoms with Crippen LogP contribution in [0.1, 0.15) is 54.0 Å². The molecule has 0 spiro atoms. The first-order valence-electron chi connectivity index (χ1n) is 10.3. The first kappa shape index (κ1) is 29.1.